The van der Waals surface area contributed by atoms with Crippen molar-refractivity contribution in [1.29, 1.82) is 0 Å². The fraction of sp³-hybridized carbons (Fsp3) is 0.235. The van der Waals surface area contributed by atoms with Crippen molar-refractivity contribution < 1.29 is 9.90 Å². The van der Waals surface area contributed by atoms with Gasteiger partial charge in [0.25, 0.3) is 5.91 Å². The van der Waals surface area contributed by atoms with E-state index in [1.165, 1.54) is 0 Å². The minimum absolute atomic E-state index is 0.0754. The van der Waals surface area contributed by atoms with Crippen molar-refractivity contribution in [2.75, 3.05) is 6.61 Å². The zero-order chi connectivity index (χ0) is 15.9. The summed E-state index contributed by atoms with van der Waals surface area (Å²) in [5, 5.41) is 12.6. The number of aliphatic hydroxyl groups excluding tert-OH is 1. The molecule has 0 bridgehead atoms. The van der Waals surface area contributed by atoms with E-state index < -0.39 is 0 Å². The molecule has 0 aliphatic carbocycles. The Bertz CT molecular complexity index is 612. The number of aliphatic hydroxyl groups is 1. The van der Waals surface area contributed by atoms with Crippen molar-refractivity contribution in [3.05, 3.63) is 69.7 Å². The minimum atomic E-state index is -0.317. The molecule has 0 aromatic heterocycles. The number of carbonyl (C=O) groups excluding carboxylic acids is 1. The monoisotopic (exact) mass is 337 g/mol. The van der Waals surface area contributed by atoms with Gasteiger partial charge in [0.2, 0.25) is 0 Å². The van der Waals surface area contributed by atoms with Crippen molar-refractivity contribution in [2.24, 2.45) is 0 Å². The molecule has 116 valence electrons. The molecule has 2 aromatic carbocycles. The van der Waals surface area contributed by atoms with Crippen LogP contribution in [-0.4, -0.2) is 17.6 Å². The maximum Gasteiger partial charge on any atom is 0.254 e. The highest BCUT2D eigenvalue weighted by Gasteiger charge is 2.19. The molecule has 0 saturated heterocycles. The molecule has 2 aromatic rings. The van der Waals surface area contributed by atoms with Crippen LogP contribution in [0.15, 0.2) is 48.5 Å². The number of hydrogen-bond acceptors (Lipinski definition) is 2. The van der Waals surface area contributed by atoms with Gasteiger partial charge in [-0.15, -0.1) is 0 Å². The van der Waals surface area contributed by atoms with Gasteiger partial charge in [0.1, 0.15) is 0 Å². The molecule has 0 radical (unpaired) electrons. The van der Waals surface area contributed by atoms with Gasteiger partial charge in [-0.1, -0.05) is 59.6 Å². The second kappa shape index (κ2) is 8.18. The maximum absolute atomic E-state index is 12.5. The lowest BCUT2D eigenvalue weighted by Gasteiger charge is -2.19. The van der Waals surface area contributed by atoms with Gasteiger partial charge in [-0.2, -0.15) is 0 Å². The minimum Gasteiger partial charge on any atom is -0.396 e. The van der Waals surface area contributed by atoms with Crippen molar-refractivity contribution in [2.45, 2.75) is 18.9 Å². The first-order valence-electron chi connectivity index (χ1n) is 7.04. The lowest BCUT2D eigenvalue weighted by atomic mass is 10.0. The van der Waals surface area contributed by atoms with Crippen molar-refractivity contribution in [3.63, 3.8) is 0 Å². The van der Waals surface area contributed by atoms with E-state index in [1.54, 1.807) is 18.2 Å². The number of halogens is 2. The number of nitrogens with one attached hydrogen (secondary N) is 1. The summed E-state index contributed by atoms with van der Waals surface area (Å²) < 4.78 is 0. The third kappa shape index (κ3) is 4.23. The Balaban J connectivity index is 2.21. The van der Waals surface area contributed by atoms with Gasteiger partial charge >= 0.3 is 0 Å². The lowest BCUT2D eigenvalue weighted by molar-refractivity contribution is 0.0932. The summed E-state index contributed by atoms with van der Waals surface area (Å²) in [4.78, 5) is 12.5. The first kappa shape index (κ1) is 16.8. The Morgan fingerprint density at radius 3 is 2.27 bits per heavy atom. The average Bonchev–Trinajstić information content (AvgIpc) is 2.52. The van der Waals surface area contributed by atoms with Crippen LogP contribution in [0.5, 0.6) is 0 Å². The number of amides is 1. The van der Waals surface area contributed by atoms with Gasteiger partial charge in [-0.3, -0.25) is 4.79 Å². The van der Waals surface area contributed by atoms with Crippen LogP contribution in [0.2, 0.25) is 10.0 Å². The fourth-order valence-corrected chi connectivity index (χ4v) is 2.82. The molecule has 0 heterocycles. The standard InChI is InChI=1S/C17H17Cl2NO2/c18-13-8-4-9-14(19)16(13)17(22)20-15(10-5-11-21)12-6-2-1-3-7-12/h1-4,6-9,15,21H,5,10-11H2,(H,20,22). The van der Waals surface area contributed by atoms with Crippen molar-refractivity contribution in [3.8, 4) is 0 Å². The predicted molar refractivity (Wildman–Crippen MR) is 89.4 cm³/mol. The highest BCUT2D eigenvalue weighted by Crippen LogP contribution is 2.26. The Hall–Kier alpha value is -1.55. The maximum atomic E-state index is 12.5. The van der Waals surface area contributed by atoms with Gasteiger partial charge in [-0.05, 0) is 30.5 Å². The molecule has 2 N–H and O–H groups in total. The average molecular weight is 338 g/mol. The first-order valence-corrected chi connectivity index (χ1v) is 7.79. The van der Waals surface area contributed by atoms with E-state index in [0.717, 1.165) is 5.56 Å². The highest BCUT2D eigenvalue weighted by molar-refractivity contribution is 6.39. The van der Waals surface area contributed by atoms with Crippen molar-refractivity contribution >= 4 is 29.1 Å². The Labute approximate surface area is 139 Å². The smallest absolute Gasteiger partial charge is 0.254 e. The number of carbonyl (C=O) groups is 1. The van der Waals surface area contributed by atoms with Gasteiger partial charge in [0, 0.05) is 6.61 Å². The van der Waals surface area contributed by atoms with E-state index in [-0.39, 0.29) is 24.1 Å². The summed E-state index contributed by atoms with van der Waals surface area (Å²) >= 11 is 12.1. The molecule has 0 aliphatic heterocycles. The summed E-state index contributed by atoms with van der Waals surface area (Å²) in [5.41, 5.74) is 1.25. The van der Waals surface area contributed by atoms with Gasteiger partial charge in [0.05, 0.1) is 21.7 Å². The largest absolute Gasteiger partial charge is 0.396 e. The van der Waals surface area contributed by atoms with E-state index in [2.05, 4.69) is 5.32 Å². The molecular formula is C17H17Cl2NO2. The topological polar surface area (TPSA) is 49.3 Å². The van der Waals surface area contributed by atoms with Gasteiger partial charge in [0.15, 0.2) is 0 Å². The molecule has 1 atom stereocenters. The summed E-state index contributed by atoms with van der Waals surface area (Å²) in [6.07, 6.45) is 1.23. The first-order chi connectivity index (χ1) is 10.6. The Kier molecular flexibility index (Phi) is 6.25. The van der Waals surface area contributed by atoms with E-state index >= 15 is 0 Å². The molecule has 5 heteroatoms. The second-order valence-electron chi connectivity index (χ2n) is 4.90. The fourth-order valence-electron chi connectivity index (χ4n) is 2.25. The zero-order valence-electron chi connectivity index (χ0n) is 11.9. The molecule has 1 amide bonds. The third-order valence-electron chi connectivity index (χ3n) is 3.35. The number of benzene rings is 2. The van der Waals surface area contributed by atoms with Crippen LogP contribution >= 0.6 is 23.2 Å². The molecule has 22 heavy (non-hydrogen) atoms. The summed E-state index contributed by atoms with van der Waals surface area (Å²) in [6, 6.07) is 14.4. The number of rotatable bonds is 6. The Morgan fingerprint density at radius 2 is 1.68 bits per heavy atom. The van der Waals surface area contributed by atoms with Crippen LogP contribution in [0.3, 0.4) is 0 Å². The van der Waals surface area contributed by atoms with E-state index in [4.69, 9.17) is 28.3 Å². The quantitative estimate of drug-likeness (QED) is 0.828. The van der Waals surface area contributed by atoms with Crippen LogP contribution in [-0.2, 0) is 0 Å². The highest BCUT2D eigenvalue weighted by atomic mass is 35.5. The molecule has 0 fully saturated rings. The molecule has 2 rings (SSSR count). The normalized spacial score (nSPS) is 12.0. The second-order valence-corrected chi connectivity index (χ2v) is 5.71. The van der Waals surface area contributed by atoms with Gasteiger partial charge < -0.3 is 10.4 Å². The van der Waals surface area contributed by atoms with Crippen LogP contribution in [0.25, 0.3) is 0 Å². The number of hydrogen-bond donors (Lipinski definition) is 2. The van der Waals surface area contributed by atoms with Gasteiger partial charge in [-0.25, -0.2) is 0 Å². The van der Waals surface area contributed by atoms with Crippen molar-refractivity contribution in [1.82, 2.24) is 5.32 Å². The molecule has 3 nitrogen and oxygen atoms in total. The molecule has 1 unspecified atom stereocenters. The SMILES string of the molecule is O=C(NC(CCCO)c1ccccc1)c1c(Cl)cccc1Cl. The van der Waals surface area contributed by atoms with E-state index in [0.29, 0.717) is 22.9 Å². The molecule has 0 spiro atoms. The molecule has 0 saturated carbocycles. The van der Waals surface area contributed by atoms with Crippen LogP contribution in [0.4, 0.5) is 0 Å². The summed E-state index contributed by atoms with van der Waals surface area (Å²) in [7, 11) is 0. The third-order valence-corrected chi connectivity index (χ3v) is 3.98. The zero-order valence-corrected chi connectivity index (χ0v) is 13.4. The molecule has 0 aliphatic rings. The van der Waals surface area contributed by atoms with Crippen LogP contribution in [0.1, 0.15) is 34.8 Å². The molecular weight excluding hydrogens is 321 g/mol. The van der Waals surface area contributed by atoms with Crippen LogP contribution < -0.4 is 5.32 Å². The lowest BCUT2D eigenvalue weighted by Crippen LogP contribution is -2.29. The van der Waals surface area contributed by atoms with E-state index in [1.807, 2.05) is 30.3 Å². The summed E-state index contributed by atoms with van der Waals surface area (Å²) in [6.45, 7) is 0.0754. The summed E-state index contributed by atoms with van der Waals surface area (Å²) in [5.74, 6) is -0.317. The van der Waals surface area contributed by atoms with Crippen LogP contribution in [0, 0.1) is 0 Å². The Morgan fingerprint density at radius 1 is 1.05 bits per heavy atom. The van der Waals surface area contributed by atoms with E-state index in [9.17, 15) is 4.79 Å². The predicted octanol–water partition coefficient (Wildman–Crippen LogP) is 4.24.